The summed E-state index contributed by atoms with van der Waals surface area (Å²) in [5, 5.41) is 0.502. The third kappa shape index (κ3) is 3.31. The summed E-state index contributed by atoms with van der Waals surface area (Å²) in [5.74, 6) is 0.657. The number of hydrogen-bond acceptors (Lipinski definition) is 2. The maximum absolute atomic E-state index is 13.8. The second kappa shape index (κ2) is 6.75. The van der Waals surface area contributed by atoms with Crippen molar-refractivity contribution in [3.05, 3.63) is 59.4 Å². The van der Waals surface area contributed by atoms with Crippen LogP contribution in [0.4, 0.5) is 10.1 Å². The Morgan fingerprint density at radius 2 is 1.85 bits per heavy atom. The molecule has 2 rings (SSSR count). The van der Waals surface area contributed by atoms with Crippen molar-refractivity contribution in [2.24, 2.45) is 0 Å². The van der Waals surface area contributed by atoms with Gasteiger partial charge in [0.2, 0.25) is 0 Å². The molecule has 106 valence electrons. The molecule has 0 amide bonds. The molecule has 0 aliphatic carbocycles. The highest BCUT2D eigenvalue weighted by Gasteiger charge is 2.11. The Hall–Kier alpha value is -1.55. The molecule has 0 radical (unpaired) electrons. The third-order valence-corrected chi connectivity index (χ3v) is 3.78. The average Bonchev–Trinajstić information content (AvgIpc) is 2.47. The van der Waals surface area contributed by atoms with Crippen molar-refractivity contribution in [2.45, 2.75) is 11.9 Å². The van der Waals surface area contributed by atoms with Crippen molar-refractivity contribution in [1.29, 1.82) is 0 Å². The molecular weight excluding hydrogens is 321 g/mol. The van der Waals surface area contributed by atoms with E-state index in [-0.39, 0.29) is 5.82 Å². The molecule has 0 N–H and O–H groups in total. The van der Waals surface area contributed by atoms with Gasteiger partial charge in [0.25, 0.3) is 0 Å². The largest absolute Gasteiger partial charge is 0.497 e. The predicted molar refractivity (Wildman–Crippen MR) is 84.1 cm³/mol. The molecule has 0 heterocycles. The quantitative estimate of drug-likeness (QED) is 0.751. The molecule has 0 saturated heterocycles. The summed E-state index contributed by atoms with van der Waals surface area (Å²) in [7, 11) is 3.61. The summed E-state index contributed by atoms with van der Waals surface area (Å²) in [5.41, 5.74) is 2.74. The molecule has 0 aliphatic rings. The van der Waals surface area contributed by atoms with E-state index in [1.165, 1.54) is 6.07 Å². The van der Waals surface area contributed by atoms with Crippen LogP contribution in [0.2, 0.25) is 0 Å². The Bertz CT molecular complexity index is 571. The van der Waals surface area contributed by atoms with Crippen LogP contribution in [0.15, 0.2) is 42.5 Å². The van der Waals surface area contributed by atoms with Crippen molar-refractivity contribution < 1.29 is 9.13 Å². The fraction of sp³-hybridized carbons (Fsp3) is 0.250. The molecule has 0 aromatic heterocycles. The first-order valence-electron chi connectivity index (χ1n) is 6.33. The van der Waals surface area contributed by atoms with Crippen LogP contribution in [-0.2, 0) is 11.9 Å². The Balaban J connectivity index is 2.19. The number of methoxy groups -OCH3 is 1. The number of alkyl halides is 1. The summed E-state index contributed by atoms with van der Waals surface area (Å²) in [6, 6.07) is 13.1. The lowest BCUT2D eigenvalue weighted by molar-refractivity contribution is 0.414. The summed E-state index contributed by atoms with van der Waals surface area (Å²) in [4.78, 5) is 2.04. The lowest BCUT2D eigenvalue weighted by atomic mass is 10.1. The molecule has 0 saturated carbocycles. The van der Waals surface area contributed by atoms with Gasteiger partial charge in [-0.15, -0.1) is 0 Å². The molecule has 0 unspecified atom stereocenters. The minimum Gasteiger partial charge on any atom is -0.497 e. The number of anilines is 1. The van der Waals surface area contributed by atoms with Crippen LogP contribution in [0.5, 0.6) is 5.75 Å². The maximum atomic E-state index is 13.8. The lowest BCUT2D eigenvalue weighted by Crippen LogP contribution is -2.18. The molecule has 2 aromatic carbocycles. The summed E-state index contributed by atoms with van der Waals surface area (Å²) in [6.45, 7) is 0.716. The van der Waals surface area contributed by atoms with E-state index in [0.717, 1.165) is 17.0 Å². The molecule has 2 aromatic rings. The van der Waals surface area contributed by atoms with Crippen molar-refractivity contribution in [3.63, 3.8) is 0 Å². The van der Waals surface area contributed by atoms with Crippen molar-refractivity contribution in [3.8, 4) is 5.75 Å². The van der Waals surface area contributed by atoms with Crippen LogP contribution in [-0.4, -0.2) is 14.2 Å². The Morgan fingerprint density at radius 3 is 2.45 bits per heavy atom. The number of benzene rings is 2. The minimum atomic E-state index is -0.180. The van der Waals surface area contributed by atoms with Crippen LogP contribution in [0.1, 0.15) is 11.1 Å². The number of halogens is 2. The Kier molecular flexibility index (Phi) is 5.01. The van der Waals surface area contributed by atoms with Crippen LogP contribution in [0.3, 0.4) is 0 Å². The van der Waals surface area contributed by atoms with Gasteiger partial charge in [0.15, 0.2) is 0 Å². The molecule has 2 nitrogen and oxygen atoms in total. The summed E-state index contributed by atoms with van der Waals surface area (Å²) >= 11 is 3.35. The van der Waals surface area contributed by atoms with Gasteiger partial charge >= 0.3 is 0 Å². The highest BCUT2D eigenvalue weighted by atomic mass is 79.9. The van der Waals surface area contributed by atoms with Gasteiger partial charge < -0.3 is 9.64 Å². The van der Waals surface area contributed by atoms with E-state index in [9.17, 15) is 4.39 Å². The number of ether oxygens (including phenoxy) is 1. The Morgan fingerprint density at radius 1 is 1.15 bits per heavy atom. The predicted octanol–water partition coefficient (Wildman–Crippen LogP) is 4.37. The fourth-order valence-electron chi connectivity index (χ4n) is 2.13. The summed E-state index contributed by atoms with van der Waals surface area (Å²) < 4.78 is 18.9. The normalized spacial score (nSPS) is 10.4. The van der Waals surface area contributed by atoms with E-state index in [0.29, 0.717) is 17.4 Å². The van der Waals surface area contributed by atoms with Gasteiger partial charge in [-0.25, -0.2) is 4.39 Å². The highest BCUT2D eigenvalue weighted by molar-refractivity contribution is 9.08. The number of nitrogens with zero attached hydrogens (tertiary/aromatic N) is 1. The van der Waals surface area contributed by atoms with E-state index >= 15 is 0 Å². The van der Waals surface area contributed by atoms with Crippen molar-refractivity contribution >= 4 is 21.6 Å². The first kappa shape index (κ1) is 14.9. The van der Waals surface area contributed by atoms with Gasteiger partial charge in [-0.1, -0.05) is 34.1 Å². The standard InChI is InChI=1S/C16H17BrFNO/c1-19(11-12-6-8-13(20-2)9-7-12)16-5-3-4-15(18)14(16)10-17/h3-9H,10-11H2,1-2H3. The molecule has 0 fully saturated rings. The van der Waals surface area contributed by atoms with Crippen molar-refractivity contribution in [1.82, 2.24) is 0 Å². The SMILES string of the molecule is COc1ccc(CN(C)c2cccc(F)c2CBr)cc1. The monoisotopic (exact) mass is 337 g/mol. The van der Waals surface area contributed by atoms with Crippen molar-refractivity contribution in [2.75, 3.05) is 19.1 Å². The highest BCUT2D eigenvalue weighted by Crippen LogP contribution is 2.26. The van der Waals surface area contributed by atoms with Gasteiger partial charge in [-0.2, -0.15) is 0 Å². The molecule has 0 atom stereocenters. The third-order valence-electron chi connectivity index (χ3n) is 3.22. The van der Waals surface area contributed by atoms with Gasteiger partial charge in [-0.05, 0) is 29.8 Å². The number of rotatable bonds is 5. The first-order chi connectivity index (χ1) is 9.65. The second-order valence-electron chi connectivity index (χ2n) is 4.58. The van der Waals surface area contributed by atoms with Crippen LogP contribution < -0.4 is 9.64 Å². The fourth-order valence-corrected chi connectivity index (χ4v) is 2.68. The van der Waals surface area contributed by atoms with E-state index in [1.54, 1.807) is 13.2 Å². The molecule has 0 spiro atoms. The molecule has 20 heavy (non-hydrogen) atoms. The zero-order valence-electron chi connectivity index (χ0n) is 11.6. The van der Waals surface area contributed by atoms with Gasteiger partial charge in [-0.3, -0.25) is 0 Å². The number of hydrogen-bond donors (Lipinski definition) is 0. The van der Waals surface area contributed by atoms with Gasteiger partial charge in [0, 0.05) is 30.2 Å². The lowest BCUT2D eigenvalue weighted by Gasteiger charge is -2.22. The molecule has 0 bridgehead atoms. The zero-order valence-corrected chi connectivity index (χ0v) is 13.2. The van der Waals surface area contributed by atoms with Crippen LogP contribution in [0.25, 0.3) is 0 Å². The second-order valence-corrected chi connectivity index (χ2v) is 5.14. The van der Waals surface area contributed by atoms with E-state index in [4.69, 9.17) is 4.74 Å². The first-order valence-corrected chi connectivity index (χ1v) is 7.45. The van der Waals surface area contributed by atoms with E-state index in [2.05, 4.69) is 15.9 Å². The molecule has 4 heteroatoms. The smallest absolute Gasteiger partial charge is 0.129 e. The zero-order chi connectivity index (χ0) is 14.5. The minimum absolute atomic E-state index is 0.180. The topological polar surface area (TPSA) is 12.5 Å². The van der Waals surface area contributed by atoms with E-state index < -0.39 is 0 Å². The molecular formula is C16H17BrFNO. The van der Waals surface area contributed by atoms with Gasteiger partial charge in [0.1, 0.15) is 11.6 Å². The summed E-state index contributed by atoms with van der Waals surface area (Å²) in [6.07, 6.45) is 0. The average molecular weight is 338 g/mol. The van der Waals surface area contributed by atoms with Gasteiger partial charge in [0.05, 0.1) is 7.11 Å². The maximum Gasteiger partial charge on any atom is 0.129 e. The molecule has 0 aliphatic heterocycles. The van der Waals surface area contributed by atoms with E-state index in [1.807, 2.05) is 42.3 Å². The van der Waals surface area contributed by atoms with Crippen LogP contribution in [0, 0.1) is 5.82 Å². The Labute approximate surface area is 127 Å². The van der Waals surface area contributed by atoms with Crippen LogP contribution >= 0.6 is 15.9 Å².